The van der Waals surface area contributed by atoms with Crippen LogP contribution < -0.4 is 10.6 Å². The van der Waals surface area contributed by atoms with Gasteiger partial charge in [0.25, 0.3) is 0 Å². The van der Waals surface area contributed by atoms with Crippen molar-refractivity contribution in [2.75, 3.05) is 10.6 Å². The summed E-state index contributed by atoms with van der Waals surface area (Å²) in [6.45, 7) is 5.43. The quantitative estimate of drug-likeness (QED) is 0.288. The molecule has 0 bridgehead atoms. The van der Waals surface area contributed by atoms with Gasteiger partial charge in [0.1, 0.15) is 5.60 Å². The molecular weight excluding hydrogens is 524 g/mol. The van der Waals surface area contributed by atoms with E-state index in [-0.39, 0.29) is 11.8 Å². The van der Waals surface area contributed by atoms with Crippen LogP contribution in [0.2, 0.25) is 5.02 Å². The molecule has 2 aliphatic rings. The molecule has 1 aromatic heterocycles. The number of allylic oxidation sites excluding steroid dienone is 1. The minimum absolute atomic E-state index is 0.0834. The van der Waals surface area contributed by atoms with Crippen molar-refractivity contribution in [1.82, 2.24) is 9.97 Å². The summed E-state index contributed by atoms with van der Waals surface area (Å²) >= 11 is 6.51. The highest BCUT2D eigenvalue weighted by molar-refractivity contribution is 6.32. The third-order valence-electron chi connectivity index (χ3n) is 7.32. The fraction of sp³-hybridized carbons (Fsp3) is 0.375. The number of halogens is 1. The van der Waals surface area contributed by atoms with Gasteiger partial charge >= 0.3 is 6.09 Å². The number of benzene rings is 2. The zero-order valence-corrected chi connectivity index (χ0v) is 23.9. The molecular formula is C32H35ClN4O3. The first-order valence-electron chi connectivity index (χ1n) is 13.9. The summed E-state index contributed by atoms with van der Waals surface area (Å²) in [5.74, 6) is 0.980. The second-order valence-electron chi connectivity index (χ2n) is 11.6. The van der Waals surface area contributed by atoms with Crippen LogP contribution in [0.4, 0.5) is 16.4 Å². The van der Waals surface area contributed by atoms with Crippen molar-refractivity contribution in [1.29, 1.82) is 0 Å². The maximum atomic E-state index is 13.0. The van der Waals surface area contributed by atoms with Crippen molar-refractivity contribution in [3.8, 4) is 0 Å². The van der Waals surface area contributed by atoms with Crippen LogP contribution in [0, 0.1) is 5.92 Å². The highest BCUT2D eigenvalue weighted by Crippen LogP contribution is 2.35. The van der Waals surface area contributed by atoms with E-state index in [1.165, 1.54) is 11.1 Å². The van der Waals surface area contributed by atoms with Crippen molar-refractivity contribution >= 4 is 40.7 Å². The van der Waals surface area contributed by atoms with Crippen LogP contribution in [0.3, 0.4) is 0 Å². The fourth-order valence-electron chi connectivity index (χ4n) is 5.40. The molecule has 0 atom stereocenters. The van der Waals surface area contributed by atoms with E-state index in [0.717, 1.165) is 43.4 Å². The van der Waals surface area contributed by atoms with E-state index in [0.29, 0.717) is 34.6 Å². The lowest BCUT2D eigenvalue weighted by Crippen LogP contribution is -2.28. The van der Waals surface area contributed by atoms with E-state index >= 15 is 0 Å². The Kier molecular flexibility index (Phi) is 8.22. The SMILES string of the molecule is CC(C)(C)OC(=O)Nc1cccc(C(=O)CC2CCC(Nc3ncc(Cl)c(C4=CCc5ccccc54)n3)CC2)c1. The van der Waals surface area contributed by atoms with Gasteiger partial charge in [0.05, 0.1) is 16.9 Å². The summed E-state index contributed by atoms with van der Waals surface area (Å²) in [6, 6.07) is 15.6. The number of Topliss-reactive ketones (excluding diaryl/α,β-unsaturated/α-hetero) is 1. The number of nitrogens with zero attached hydrogens (tertiary/aromatic N) is 2. The first-order chi connectivity index (χ1) is 19.1. The highest BCUT2D eigenvalue weighted by Gasteiger charge is 2.25. The lowest BCUT2D eigenvalue weighted by Gasteiger charge is -2.29. The van der Waals surface area contributed by atoms with Crippen molar-refractivity contribution < 1.29 is 14.3 Å². The van der Waals surface area contributed by atoms with Crippen LogP contribution in [0.15, 0.2) is 60.8 Å². The van der Waals surface area contributed by atoms with Gasteiger partial charge in [-0.25, -0.2) is 14.8 Å². The maximum absolute atomic E-state index is 13.0. The predicted molar refractivity (Wildman–Crippen MR) is 159 cm³/mol. The molecule has 0 radical (unpaired) electrons. The third kappa shape index (κ3) is 6.89. The summed E-state index contributed by atoms with van der Waals surface area (Å²) in [4.78, 5) is 34.4. The van der Waals surface area contributed by atoms with Crippen molar-refractivity contribution in [2.45, 2.75) is 70.9 Å². The van der Waals surface area contributed by atoms with Crippen LogP contribution in [0.25, 0.3) is 5.57 Å². The Balaban J connectivity index is 1.14. The first-order valence-corrected chi connectivity index (χ1v) is 14.2. The Morgan fingerprint density at radius 3 is 2.60 bits per heavy atom. The van der Waals surface area contributed by atoms with Gasteiger partial charge in [-0.05, 0) is 82.1 Å². The van der Waals surface area contributed by atoms with E-state index in [2.05, 4.69) is 39.9 Å². The lowest BCUT2D eigenvalue weighted by atomic mass is 9.82. The monoisotopic (exact) mass is 558 g/mol. The topological polar surface area (TPSA) is 93.2 Å². The van der Waals surface area contributed by atoms with E-state index < -0.39 is 11.7 Å². The molecule has 2 N–H and O–H groups in total. The molecule has 8 heteroatoms. The number of anilines is 2. The largest absolute Gasteiger partial charge is 0.444 e. The van der Waals surface area contributed by atoms with Gasteiger partial charge in [0.15, 0.2) is 5.78 Å². The number of ether oxygens (including phenoxy) is 1. The van der Waals surface area contributed by atoms with Crippen molar-refractivity contribution in [3.63, 3.8) is 0 Å². The highest BCUT2D eigenvalue weighted by atomic mass is 35.5. The zero-order valence-electron chi connectivity index (χ0n) is 23.2. The first kappa shape index (κ1) is 27.8. The Labute approximate surface area is 240 Å². The zero-order chi connectivity index (χ0) is 28.3. The van der Waals surface area contributed by atoms with Gasteiger partial charge < -0.3 is 10.1 Å². The van der Waals surface area contributed by atoms with E-state index in [4.69, 9.17) is 21.3 Å². The second kappa shape index (κ2) is 11.8. The molecule has 1 heterocycles. The van der Waals surface area contributed by atoms with E-state index in [1.54, 1.807) is 30.5 Å². The summed E-state index contributed by atoms with van der Waals surface area (Å²) in [6.07, 6.45) is 8.43. The second-order valence-corrected chi connectivity index (χ2v) is 12.0. The maximum Gasteiger partial charge on any atom is 0.412 e. The Bertz CT molecular complexity index is 1440. The minimum Gasteiger partial charge on any atom is -0.444 e. The van der Waals surface area contributed by atoms with Gasteiger partial charge in [-0.2, -0.15) is 0 Å². The van der Waals surface area contributed by atoms with E-state index in [9.17, 15) is 9.59 Å². The Morgan fingerprint density at radius 2 is 1.82 bits per heavy atom. The van der Waals surface area contributed by atoms with Gasteiger partial charge in [0, 0.05) is 29.3 Å². The number of aromatic nitrogens is 2. The molecule has 0 unspecified atom stereocenters. The number of hydrogen-bond acceptors (Lipinski definition) is 6. The summed E-state index contributed by atoms with van der Waals surface area (Å²) in [7, 11) is 0. The standard InChI is InChI=1S/C32H35ClN4O3/c1-32(2,3)40-31(39)36-24-9-6-8-22(18-24)28(38)17-20-11-14-23(15-12-20)35-30-34-19-27(33)29(37-30)26-16-13-21-7-4-5-10-25(21)26/h4-10,16,18-20,23H,11-15,17H2,1-3H3,(H,36,39)(H,34,35,37). The van der Waals surface area contributed by atoms with Gasteiger partial charge in [-0.3, -0.25) is 10.1 Å². The molecule has 1 amide bonds. The molecule has 7 nitrogen and oxygen atoms in total. The number of carbonyl (C=O) groups excluding carboxylic acids is 2. The van der Waals surface area contributed by atoms with Crippen LogP contribution in [-0.2, 0) is 11.2 Å². The molecule has 2 aromatic carbocycles. The fourth-order valence-corrected chi connectivity index (χ4v) is 5.59. The average Bonchev–Trinajstić information content (AvgIpc) is 3.34. The number of carbonyl (C=O) groups is 2. The molecule has 5 rings (SSSR count). The van der Waals surface area contributed by atoms with Crippen LogP contribution in [0.1, 0.15) is 80.1 Å². The third-order valence-corrected chi connectivity index (χ3v) is 7.59. The summed E-state index contributed by atoms with van der Waals surface area (Å²) < 4.78 is 5.31. The van der Waals surface area contributed by atoms with E-state index in [1.807, 2.05) is 26.8 Å². The molecule has 208 valence electrons. The normalized spacial score (nSPS) is 18.4. The number of fused-ring (bicyclic) bond motifs is 1. The molecule has 1 saturated carbocycles. The Morgan fingerprint density at radius 1 is 1.05 bits per heavy atom. The number of rotatable bonds is 7. The molecule has 40 heavy (non-hydrogen) atoms. The van der Waals surface area contributed by atoms with Crippen LogP contribution in [0.5, 0.6) is 0 Å². The number of amides is 1. The predicted octanol–water partition coefficient (Wildman–Crippen LogP) is 7.71. The number of ketones is 1. The van der Waals surface area contributed by atoms with Crippen molar-refractivity contribution in [2.24, 2.45) is 5.92 Å². The van der Waals surface area contributed by atoms with Gasteiger partial charge in [0.2, 0.25) is 5.95 Å². The molecule has 0 spiro atoms. The lowest BCUT2D eigenvalue weighted by molar-refractivity contribution is 0.0635. The van der Waals surface area contributed by atoms with Crippen LogP contribution >= 0.6 is 11.6 Å². The number of nitrogens with one attached hydrogen (secondary N) is 2. The molecule has 0 saturated heterocycles. The van der Waals surface area contributed by atoms with Gasteiger partial charge in [-0.1, -0.05) is 54.1 Å². The molecule has 2 aliphatic carbocycles. The summed E-state index contributed by atoms with van der Waals surface area (Å²) in [5.41, 5.74) is 4.81. The summed E-state index contributed by atoms with van der Waals surface area (Å²) in [5, 5.41) is 6.75. The Hall–Kier alpha value is -3.71. The number of hydrogen-bond donors (Lipinski definition) is 2. The molecule has 0 aliphatic heterocycles. The van der Waals surface area contributed by atoms with Crippen molar-refractivity contribution in [3.05, 3.63) is 88.2 Å². The molecule has 3 aromatic rings. The van der Waals surface area contributed by atoms with Crippen LogP contribution in [-0.4, -0.2) is 33.5 Å². The molecule has 1 fully saturated rings. The van der Waals surface area contributed by atoms with Gasteiger partial charge in [-0.15, -0.1) is 0 Å². The average molecular weight is 559 g/mol. The smallest absolute Gasteiger partial charge is 0.412 e. The minimum atomic E-state index is -0.590.